The Labute approximate surface area is 182 Å². The number of hydrogen-bond acceptors (Lipinski definition) is 6. The lowest BCUT2D eigenvalue weighted by molar-refractivity contribution is -0.117. The first-order valence-corrected chi connectivity index (χ1v) is 10.6. The molecule has 1 N–H and O–H groups in total. The van der Waals surface area contributed by atoms with Gasteiger partial charge in [0.25, 0.3) is 0 Å². The number of carbonyl (C=O) groups is 1. The van der Waals surface area contributed by atoms with Crippen LogP contribution in [0.25, 0.3) is 6.08 Å². The molecule has 0 aromatic heterocycles. The topological polar surface area (TPSA) is 71.4 Å². The lowest BCUT2D eigenvalue weighted by atomic mass is 9.81. The Bertz CT molecular complexity index is 976. The van der Waals surface area contributed by atoms with Crippen molar-refractivity contribution in [1.82, 2.24) is 4.90 Å². The highest BCUT2D eigenvalue weighted by Gasteiger charge is 2.42. The van der Waals surface area contributed by atoms with Gasteiger partial charge in [-0.15, -0.1) is 0 Å². The van der Waals surface area contributed by atoms with Gasteiger partial charge < -0.3 is 14.7 Å². The molecule has 1 fully saturated rings. The number of fused-ring (bicyclic) bond motifs is 1. The molecule has 0 amide bonds. The third-order valence-corrected chi connectivity index (χ3v) is 5.97. The van der Waals surface area contributed by atoms with Crippen molar-refractivity contribution in [1.29, 1.82) is 0 Å². The smallest absolute Gasteiger partial charge is 0.181 e. The molecule has 162 valence electrons. The summed E-state index contributed by atoms with van der Waals surface area (Å²) in [6.07, 6.45) is 5.61. The van der Waals surface area contributed by atoms with Crippen LogP contribution in [-0.4, -0.2) is 53.9 Å². The molecule has 2 heterocycles. The summed E-state index contributed by atoms with van der Waals surface area (Å²) in [5.74, 6) is 0.463. The first kappa shape index (κ1) is 21.3. The fraction of sp³-hybridized carbons (Fsp3) is 0.360. The van der Waals surface area contributed by atoms with Crippen LogP contribution in [-0.2, 0) is 16.2 Å². The molecule has 0 bridgehead atoms. The van der Waals surface area contributed by atoms with Gasteiger partial charge in [0.05, 0.1) is 5.71 Å². The Balaban J connectivity index is 1.50. The Kier molecular flexibility index (Phi) is 6.49. The highest BCUT2D eigenvalue weighted by Crippen LogP contribution is 2.40. The summed E-state index contributed by atoms with van der Waals surface area (Å²) in [6.45, 7) is 2.39. The molecular formula is C25H28N2O4. The predicted molar refractivity (Wildman–Crippen MR) is 120 cm³/mol. The molecule has 6 nitrogen and oxygen atoms in total. The van der Waals surface area contributed by atoms with Crippen LogP contribution in [0.1, 0.15) is 36.0 Å². The fourth-order valence-corrected chi connectivity index (χ4v) is 4.31. The van der Waals surface area contributed by atoms with E-state index < -0.39 is 6.61 Å². The van der Waals surface area contributed by atoms with Gasteiger partial charge in [0, 0.05) is 44.5 Å². The fourth-order valence-electron chi connectivity index (χ4n) is 4.31. The molecule has 2 aromatic rings. The molecule has 31 heavy (non-hydrogen) atoms. The van der Waals surface area contributed by atoms with Crippen LogP contribution in [0.4, 0.5) is 0 Å². The van der Waals surface area contributed by atoms with Crippen LogP contribution >= 0.6 is 0 Å². The zero-order valence-corrected chi connectivity index (χ0v) is 17.8. The van der Waals surface area contributed by atoms with E-state index in [-0.39, 0.29) is 11.4 Å². The zero-order chi connectivity index (χ0) is 21.7. The average Bonchev–Trinajstić information content (AvgIpc) is 2.80. The number of likely N-dealkylation sites (tertiary alicyclic amines) is 1. The summed E-state index contributed by atoms with van der Waals surface area (Å²) in [5.41, 5.74) is 3.65. The number of ketones is 1. The summed E-state index contributed by atoms with van der Waals surface area (Å²) >= 11 is 0. The van der Waals surface area contributed by atoms with Crippen LogP contribution in [0, 0.1) is 0 Å². The molecule has 0 atom stereocenters. The van der Waals surface area contributed by atoms with Crippen molar-refractivity contribution < 1.29 is 19.5 Å². The number of ether oxygens (including phenoxy) is 1. The maximum atomic E-state index is 11.4. The SMILES string of the molecule is CO/N=C1\CC2(CCN(Cc3ccccc3)CC2)Oc2ccc(/C=C/C(=O)CO)cc21. The standard InChI is InChI=1S/C25H28N2O4/c1-30-26-23-16-25(11-13-27(14-12-25)17-20-5-3-2-4-6-20)31-24-10-8-19(15-22(23)24)7-9-21(29)18-28/h2-10,15,28H,11-14,16-18H2,1H3/b9-7+,26-23+. The van der Waals surface area contributed by atoms with Crippen molar-refractivity contribution in [3.05, 3.63) is 71.3 Å². The van der Waals surface area contributed by atoms with Crippen molar-refractivity contribution in [2.45, 2.75) is 31.4 Å². The first-order chi connectivity index (χ1) is 15.1. The van der Waals surface area contributed by atoms with E-state index in [1.165, 1.54) is 11.6 Å². The van der Waals surface area contributed by atoms with Gasteiger partial charge >= 0.3 is 0 Å². The van der Waals surface area contributed by atoms with Gasteiger partial charge in [-0.1, -0.05) is 47.6 Å². The van der Waals surface area contributed by atoms with E-state index in [4.69, 9.17) is 14.7 Å². The number of benzene rings is 2. The molecule has 0 unspecified atom stereocenters. The zero-order valence-electron chi connectivity index (χ0n) is 17.8. The molecule has 0 saturated carbocycles. The van der Waals surface area contributed by atoms with Crippen molar-refractivity contribution in [3.8, 4) is 5.75 Å². The van der Waals surface area contributed by atoms with Crippen molar-refractivity contribution in [3.63, 3.8) is 0 Å². The van der Waals surface area contributed by atoms with Crippen LogP contribution < -0.4 is 4.74 Å². The predicted octanol–water partition coefficient (Wildman–Crippen LogP) is 3.43. The highest BCUT2D eigenvalue weighted by atomic mass is 16.6. The number of hydrogen-bond donors (Lipinski definition) is 1. The molecule has 2 aliphatic rings. The van der Waals surface area contributed by atoms with Crippen molar-refractivity contribution in [2.24, 2.45) is 5.16 Å². The molecule has 1 spiro atoms. The quantitative estimate of drug-likeness (QED) is 0.573. The maximum Gasteiger partial charge on any atom is 0.181 e. The third-order valence-electron chi connectivity index (χ3n) is 5.97. The second-order valence-electron chi connectivity index (χ2n) is 8.16. The van der Waals surface area contributed by atoms with Crippen LogP contribution in [0.2, 0.25) is 0 Å². The van der Waals surface area contributed by atoms with Gasteiger partial charge in [-0.3, -0.25) is 9.69 Å². The monoisotopic (exact) mass is 420 g/mol. The molecular weight excluding hydrogens is 392 g/mol. The normalized spacial score (nSPS) is 19.4. The van der Waals surface area contributed by atoms with Crippen molar-refractivity contribution >= 4 is 17.6 Å². The Morgan fingerprint density at radius 2 is 2.00 bits per heavy atom. The second-order valence-corrected chi connectivity index (χ2v) is 8.16. The minimum atomic E-state index is -0.495. The van der Waals surface area contributed by atoms with Crippen LogP contribution in [0.3, 0.4) is 0 Å². The number of carbonyl (C=O) groups excluding carboxylic acids is 1. The molecule has 2 aromatic carbocycles. The van der Waals surface area contributed by atoms with Crippen molar-refractivity contribution in [2.75, 3.05) is 26.8 Å². The van der Waals surface area contributed by atoms with E-state index >= 15 is 0 Å². The van der Waals surface area contributed by atoms with E-state index in [0.717, 1.165) is 55.1 Å². The number of rotatable bonds is 6. The van der Waals surface area contributed by atoms with E-state index in [1.807, 2.05) is 24.3 Å². The summed E-state index contributed by atoms with van der Waals surface area (Å²) in [4.78, 5) is 19.0. The van der Waals surface area contributed by atoms with Gasteiger partial charge in [-0.05, 0) is 29.3 Å². The van der Waals surface area contributed by atoms with Crippen LogP contribution in [0.15, 0.2) is 59.8 Å². The molecule has 0 aliphatic carbocycles. The lowest BCUT2D eigenvalue weighted by Crippen LogP contribution is -2.50. The van der Waals surface area contributed by atoms with Crippen LogP contribution in [0.5, 0.6) is 5.75 Å². The summed E-state index contributed by atoms with van der Waals surface area (Å²) < 4.78 is 6.54. The highest BCUT2D eigenvalue weighted by molar-refractivity contribution is 6.05. The summed E-state index contributed by atoms with van der Waals surface area (Å²) in [7, 11) is 1.56. The molecule has 0 radical (unpaired) electrons. The number of oxime groups is 1. The number of nitrogens with zero attached hydrogens (tertiary/aromatic N) is 2. The Morgan fingerprint density at radius 1 is 1.23 bits per heavy atom. The summed E-state index contributed by atoms with van der Waals surface area (Å²) in [6, 6.07) is 16.3. The maximum absolute atomic E-state index is 11.4. The number of piperidine rings is 1. The summed E-state index contributed by atoms with van der Waals surface area (Å²) in [5, 5.41) is 13.2. The van der Waals surface area contributed by atoms with E-state index in [2.05, 4.69) is 34.3 Å². The lowest BCUT2D eigenvalue weighted by Gasteiger charge is -2.44. The molecule has 1 saturated heterocycles. The van der Waals surface area contributed by atoms with E-state index in [9.17, 15) is 4.79 Å². The Hall–Kier alpha value is -2.96. The third kappa shape index (κ3) is 5.03. The number of aliphatic hydroxyl groups excluding tert-OH is 1. The molecule has 6 heteroatoms. The Morgan fingerprint density at radius 3 is 2.71 bits per heavy atom. The van der Waals surface area contributed by atoms with E-state index in [0.29, 0.717) is 6.42 Å². The van der Waals surface area contributed by atoms with Gasteiger partial charge in [0.2, 0.25) is 0 Å². The molecule has 4 rings (SSSR count). The number of aliphatic hydroxyl groups is 1. The average molecular weight is 421 g/mol. The second kappa shape index (κ2) is 9.45. The minimum absolute atomic E-state index is 0.276. The van der Waals surface area contributed by atoms with Gasteiger partial charge in [-0.25, -0.2) is 0 Å². The largest absolute Gasteiger partial charge is 0.486 e. The first-order valence-electron chi connectivity index (χ1n) is 10.6. The van der Waals surface area contributed by atoms with Gasteiger partial charge in [0.15, 0.2) is 5.78 Å². The minimum Gasteiger partial charge on any atom is -0.486 e. The van der Waals surface area contributed by atoms with E-state index in [1.54, 1.807) is 13.2 Å². The van der Waals surface area contributed by atoms with Gasteiger partial charge in [-0.2, -0.15) is 0 Å². The van der Waals surface area contributed by atoms with Gasteiger partial charge in [0.1, 0.15) is 25.1 Å². The molecule has 2 aliphatic heterocycles.